The Morgan fingerprint density at radius 2 is 1.19 bits per heavy atom. The quantitative estimate of drug-likeness (QED) is 0.158. The molecule has 3 saturated heterocycles. The minimum atomic E-state index is -1.26. The summed E-state index contributed by atoms with van der Waals surface area (Å²) in [6.07, 6.45) is -8.62. The van der Waals surface area contributed by atoms with Crippen LogP contribution < -0.4 is 10.6 Å². The smallest absolute Gasteiger partial charge is 0.217 e. The molecule has 0 bridgehead atoms. The van der Waals surface area contributed by atoms with Crippen LogP contribution in [0, 0.1) is 0 Å². The molecule has 3 fully saturated rings. The first kappa shape index (κ1) is 40.6. The Kier molecular flexibility index (Phi) is 14.1. The van der Waals surface area contributed by atoms with Crippen molar-refractivity contribution in [2.45, 2.75) is 101 Å². The Balaban J connectivity index is 1.20. The van der Waals surface area contributed by atoms with Gasteiger partial charge in [-0.15, -0.1) is 0 Å². The highest BCUT2D eigenvalue weighted by Crippen LogP contribution is 2.37. The molecule has 7 rings (SSSR count). The summed E-state index contributed by atoms with van der Waals surface area (Å²) in [5.74, 6) is -0.748. The number of carbonyl (C=O) groups excluding carboxylic acids is 2. The molecule has 0 radical (unpaired) electrons. The Morgan fingerprint density at radius 3 is 1.79 bits per heavy atom. The maximum atomic E-state index is 12.9. The van der Waals surface area contributed by atoms with Crippen molar-refractivity contribution in [1.82, 2.24) is 10.6 Å². The zero-order valence-corrected chi connectivity index (χ0v) is 32.0. The lowest BCUT2D eigenvalue weighted by Gasteiger charge is -2.51. The molecule has 0 spiro atoms. The van der Waals surface area contributed by atoms with Gasteiger partial charge >= 0.3 is 0 Å². The fraction of sp³-hybridized carbons (Fsp3) is 0.409. The van der Waals surface area contributed by atoms with E-state index in [0.717, 1.165) is 22.3 Å². The Bertz CT molecular complexity index is 1840. The number of aliphatic hydroxyl groups is 1. The summed E-state index contributed by atoms with van der Waals surface area (Å²) in [4.78, 5) is 25.6. The van der Waals surface area contributed by atoms with E-state index in [1.807, 2.05) is 121 Å². The second-order valence-corrected chi connectivity index (χ2v) is 14.4. The van der Waals surface area contributed by atoms with Gasteiger partial charge < -0.3 is 53.6 Å². The van der Waals surface area contributed by atoms with E-state index in [2.05, 4.69) is 10.6 Å². The highest BCUT2D eigenvalue weighted by molar-refractivity contribution is 5.73. The summed E-state index contributed by atoms with van der Waals surface area (Å²) in [7, 11) is 0. The van der Waals surface area contributed by atoms with Gasteiger partial charge in [-0.05, 0) is 16.7 Å². The lowest BCUT2D eigenvalue weighted by molar-refractivity contribution is -0.368. The fourth-order valence-corrected chi connectivity index (χ4v) is 7.35. The Morgan fingerprint density at radius 1 is 0.649 bits per heavy atom. The number of rotatable bonds is 15. The standard InChI is InChI=1S/C44H50N2O11/c1-28(47)45-36-38(49)39-35(27-53-42(56-39)33-21-13-6-14-22-33)55-44(36)57-40-34(26-50-23-30-15-7-3-8-16-30)54-43(52-25-32-19-11-5-12-20-32)37(46-29(2)48)41(40)51-24-31-17-9-4-10-18-31/h3-22,34-44,49H,23-27H2,1-2H3,(H,45,47)(H,46,48)/t34-,35-,36-,37-,38-,39-,40-,41-,42?,43+,44+/m1/s1. The minimum Gasteiger partial charge on any atom is -0.388 e. The lowest BCUT2D eigenvalue weighted by atomic mass is 9.93. The van der Waals surface area contributed by atoms with Gasteiger partial charge in [0.05, 0.1) is 33.0 Å². The predicted octanol–water partition coefficient (Wildman–Crippen LogP) is 4.32. The van der Waals surface area contributed by atoms with Gasteiger partial charge in [-0.25, -0.2) is 0 Å². The van der Waals surface area contributed by atoms with Crippen LogP contribution in [-0.2, 0) is 67.3 Å². The van der Waals surface area contributed by atoms with Crippen molar-refractivity contribution < 1.29 is 52.6 Å². The molecule has 3 heterocycles. The molecule has 1 unspecified atom stereocenters. The number of amides is 2. The van der Waals surface area contributed by atoms with E-state index in [-0.39, 0.29) is 38.9 Å². The van der Waals surface area contributed by atoms with Crippen LogP contribution in [0.2, 0.25) is 0 Å². The first-order valence-electron chi connectivity index (χ1n) is 19.3. The molecule has 4 aromatic rings. The monoisotopic (exact) mass is 782 g/mol. The molecule has 4 aromatic carbocycles. The zero-order chi connectivity index (χ0) is 39.6. The molecule has 3 aliphatic heterocycles. The molecule has 3 N–H and O–H groups in total. The van der Waals surface area contributed by atoms with Crippen molar-refractivity contribution in [2.75, 3.05) is 13.2 Å². The number of nitrogens with one attached hydrogen (secondary N) is 2. The van der Waals surface area contributed by atoms with Crippen molar-refractivity contribution >= 4 is 11.8 Å². The summed E-state index contributed by atoms with van der Waals surface area (Å²) in [6.45, 7) is 3.49. The number of fused-ring (bicyclic) bond motifs is 1. The SMILES string of the molecule is CC(=O)N[C@H]1[C@H](O[C@H]2[C@H](OCc3ccccc3)[C@@H](NC(C)=O)[C@@H](OCc3ccccc3)O[C@@H]2COCc2ccccc2)O[C@@H]2COC(c3ccccc3)O[C@H]2[C@@H]1O. The normalized spacial score (nSPS) is 29.8. The highest BCUT2D eigenvalue weighted by Gasteiger charge is 2.54. The van der Waals surface area contributed by atoms with Gasteiger partial charge in [-0.1, -0.05) is 121 Å². The maximum Gasteiger partial charge on any atom is 0.217 e. The van der Waals surface area contributed by atoms with E-state index < -0.39 is 73.5 Å². The van der Waals surface area contributed by atoms with Crippen molar-refractivity contribution in [3.8, 4) is 0 Å². The van der Waals surface area contributed by atoms with Crippen LogP contribution >= 0.6 is 0 Å². The molecule has 0 saturated carbocycles. The van der Waals surface area contributed by atoms with Crippen LogP contribution in [-0.4, -0.2) is 91.4 Å². The average molecular weight is 783 g/mol. The molecule has 57 heavy (non-hydrogen) atoms. The van der Waals surface area contributed by atoms with Crippen molar-refractivity contribution in [2.24, 2.45) is 0 Å². The van der Waals surface area contributed by atoms with E-state index in [1.165, 1.54) is 13.8 Å². The van der Waals surface area contributed by atoms with E-state index in [9.17, 15) is 14.7 Å². The van der Waals surface area contributed by atoms with E-state index in [1.54, 1.807) is 0 Å². The number of hydrogen-bond acceptors (Lipinski definition) is 11. The highest BCUT2D eigenvalue weighted by atomic mass is 16.8. The van der Waals surface area contributed by atoms with Gasteiger partial charge in [0.15, 0.2) is 18.9 Å². The van der Waals surface area contributed by atoms with Crippen LogP contribution in [0.3, 0.4) is 0 Å². The van der Waals surface area contributed by atoms with E-state index >= 15 is 0 Å². The summed E-state index contributed by atoms with van der Waals surface area (Å²) in [5, 5.41) is 17.7. The number of hydrogen-bond donors (Lipinski definition) is 3. The van der Waals surface area contributed by atoms with Crippen LogP contribution in [0.4, 0.5) is 0 Å². The van der Waals surface area contributed by atoms with Gasteiger partial charge in [-0.3, -0.25) is 9.59 Å². The third kappa shape index (κ3) is 10.7. The summed E-state index contributed by atoms with van der Waals surface area (Å²) < 4.78 is 51.8. The third-order valence-corrected chi connectivity index (χ3v) is 10.1. The van der Waals surface area contributed by atoms with Crippen LogP contribution in [0.25, 0.3) is 0 Å². The number of benzene rings is 4. The maximum absolute atomic E-state index is 12.9. The summed E-state index contributed by atoms with van der Waals surface area (Å²) in [5.41, 5.74) is 3.53. The molecule has 302 valence electrons. The van der Waals surface area contributed by atoms with Crippen LogP contribution in [0.5, 0.6) is 0 Å². The minimum absolute atomic E-state index is 0.0276. The molecule has 11 atom stereocenters. The second-order valence-electron chi connectivity index (χ2n) is 14.4. The fourth-order valence-electron chi connectivity index (χ4n) is 7.35. The first-order chi connectivity index (χ1) is 27.8. The lowest BCUT2D eigenvalue weighted by Crippen LogP contribution is -2.70. The third-order valence-electron chi connectivity index (χ3n) is 10.1. The topological polar surface area (TPSA) is 152 Å². The summed E-state index contributed by atoms with van der Waals surface area (Å²) >= 11 is 0. The largest absolute Gasteiger partial charge is 0.388 e. The average Bonchev–Trinajstić information content (AvgIpc) is 3.23. The predicted molar refractivity (Wildman–Crippen MR) is 206 cm³/mol. The second kappa shape index (κ2) is 19.7. The van der Waals surface area contributed by atoms with Crippen molar-refractivity contribution in [3.05, 3.63) is 144 Å². The Hall–Kier alpha value is -4.54. The number of carbonyl (C=O) groups is 2. The molecular weight excluding hydrogens is 732 g/mol. The van der Waals surface area contributed by atoms with Crippen LogP contribution in [0.1, 0.15) is 42.4 Å². The molecule has 13 nitrogen and oxygen atoms in total. The molecular formula is C44H50N2O11. The van der Waals surface area contributed by atoms with Gasteiger partial charge in [0, 0.05) is 19.4 Å². The molecule has 0 aromatic heterocycles. The zero-order valence-electron chi connectivity index (χ0n) is 32.0. The molecule has 13 heteroatoms. The van der Waals surface area contributed by atoms with Crippen LogP contribution in [0.15, 0.2) is 121 Å². The van der Waals surface area contributed by atoms with E-state index in [4.69, 9.17) is 37.9 Å². The molecule has 2 amide bonds. The van der Waals surface area contributed by atoms with Gasteiger partial charge in [-0.2, -0.15) is 0 Å². The number of ether oxygens (including phenoxy) is 8. The molecule has 0 aliphatic carbocycles. The molecule has 3 aliphatic rings. The van der Waals surface area contributed by atoms with Crippen molar-refractivity contribution in [3.63, 3.8) is 0 Å². The van der Waals surface area contributed by atoms with E-state index in [0.29, 0.717) is 0 Å². The first-order valence-corrected chi connectivity index (χ1v) is 19.3. The summed E-state index contributed by atoms with van der Waals surface area (Å²) in [6, 6.07) is 36.4. The number of aliphatic hydroxyl groups excluding tert-OH is 1. The van der Waals surface area contributed by atoms with Gasteiger partial charge in [0.2, 0.25) is 11.8 Å². The van der Waals surface area contributed by atoms with Crippen molar-refractivity contribution in [1.29, 1.82) is 0 Å². The Labute approximate surface area is 332 Å². The van der Waals surface area contributed by atoms with Gasteiger partial charge in [0.25, 0.3) is 0 Å². The van der Waals surface area contributed by atoms with Gasteiger partial charge in [0.1, 0.15) is 48.7 Å².